The van der Waals surface area contributed by atoms with Gasteiger partial charge in [-0.1, -0.05) is 6.07 Å². The largest absolute Gasteiger partial charge is 0.497 e. The molecule has 0 amide bonds. The van der Waals surface area contributed by atoms with Crippen molar-refractivity contribution in [2.45, 2.75) is 12.8 Å². The summed E-state index contributed by atoms with van der Waals surface area (Å²) in [6, 6.07) is 12.7. The fraction of sp³-hybridized carbons (Fsp3) is 0.350. The molecule has 2 heterocycles. The number of carbonyl (C=O) groups excluding carboxylic acids is 1. The minimum Gasteiger partial charge on any atom is -0.497 e. The fourth-order valence-corrected chi connectivity index (χ4v) is 3.28. The molecule has 0 spiro atoms. The van der Waals surface area contributed by atoms with Gasteiger partial charge in [0.15, 0.2) is 5.78 Å². The Balaban J connectivity index is 1.81. The lowest BCUT2D eigenvalue weighted by Crippen LogP contribution is -2.39. The number of hydrogen-bond acceptors (Lipinski definition) is 6. The zero-order chi connectivity index (χ0) is 18.5. The SMILES string of the molecule is COc1ccc(C(=O)C2CCCN(c3cccc(C#N)n3)C2)c(OC)c1. The van der Waals surface area contributed by atoms with E-state index in [-0.39, 0.29) is 11.7 Å². The third-order valence-electron chi connectivity index (χ3n) is 4.64. The average Bonchev–Trinajstić information content (AvgIpc) is 2.72. The van der Waals surface area contributed by atoms with Crippen LogP contribution in [0.2, 0.25) is 0 Å². The predicted molar refractivity (Wildman–Crippen MR) is 97.8 cm³/mol. The number of ether oxygens (including phenoxy) is 2. The second-order valence-corrected chi connectivity index (χ2v) is 6.21. The monoisotopic (exact) mass is 351 g/mol. The van der Waals surface area contributed by atoms with Crippen molar-refractivity contribution in [3.8, 4) is 17.6 Å². The number of hydrogen-bond donors (Lipinski definition) is 0. The number of Topliss-reactive ketones (excluding diaryl/α,β-unsaturated/α-hetero) is 1. The van der Waals surface area contributed by atoms with E-state index in [0.29, 0.717) is 29.3 Å². The van der Waals surface area contributed by atoms with E-state index >= 15 is 0 Å². The lowest BCUT2D eigenvalue weighted by molar-refractivity contribution is 0.0904. The van der Waals surface area contributed by atoms with E-state index in [1.54, 1.807) is 38.5 Å². The Kier molecular flexibility index (Phi) is 5.37. The molecule has 2 aromatic rings. The summed E-state index contributed by atoms with van der Waals surface area (Å²) in [4.78, 5) is 19.5. The highest BCUT2D eigenvalue weighted by atomic mass is 16.5. The van der Waals surface area contributed by atoms with Gasteiger partial charge in [0.05, 0.1) is 19.8 Å². The summed E-state index contributed by atoms with van der Waals surface area (Å²) in [7, 11) is 3.13. The summed E-state index contributed by atoms with van der Waals surface area (Å²) in [6.45, 7) is 1.40. The zero-order valence-corrected chi connectivity index (χ0v) is 14.9. The van der Waals surface area contributed by atoms with Gasteiger partial charge in [-0.3, -0.25) is 4.79 Å². The third kappa shape index (κ3) is 3.62. The maximum atomic E-state index is 13.1. The van der Waals surface area contributed by atoms with Crippen LogP contribution >= 0.6 is 0 Å². The van der Waals surface area contributed by atoms with Crippen LogP contribution in [0.3, 0.4) is 0 Å². The Bertz CT molecular complexity index is 844. The van der Waals surface area contributed by atoms with Crippen molar-refractivity contribution < 1.29 is 14.3 Å². The number of pyridine rings is 1. The molecule has 3 rings (SSSR count). The highest BCUT2D eigenvalue weighted by Crippen LogP contribution is 2.30. The van der Waals surface area contributed by atoms with E-state index in [1.165, 1.54) is 0 Å². The van der Waals surface area contributed by atoms with Gasteiger partial charge in [-0.25, -0.2) is 4.98 Å². The van der Waals surface area contributed by atoms with Gasteiger partial charge in [-0.2, -0.15) is 5.26 Å². The van der Waals surface area contributed by atoms with Crippen LogP contribution in [0.1, 0.15) is 28.9 Å². The average molecular weight is 351 g/mol. The number of aromatic nitrogens is 1. The molecule has 0 N–H and O–H groups in total. The molecule has 0 radical (unpaired) electrons. The second kappa shape index (κ2) is 7.87. The van der Waals surface area contributed by atoms with Crippen molar-refractivity contribution in [2.24, 2.45) is 5.92 Å². The number of nitriles is 1. The molecule has 6 heteroatoms. The summed E-state index contributed by atoms with van der Waals surface area (Å²) < 4.78 is 10.6. The van der Waals surface area contributed by atoms with Crippen molar-refractivity contribution in [1.82, 2.24) is 4.98 Å². The van der Waals surface area contributed by atoms with E-state index in [4.69, 9.17) is 14.7 Å². The number of ketones is 1. The van der Waals surface area contributed by atoms with Crippen LogP contribution in [0.4, 0.5) is 5.82 Å². The molecular weight excluding hydrogens is 330 g/mol. The van der Waals surface area contributed by atoms with Crippen molar-refractivity contribution in [3.05, 3.63) is 47.7 Å². The van der Waals surface area contributed by atoms with Gasteiger partial charge >= 0.3 is 0 Å². The van der Waals surface area contributed by atoms with E-state index in [1.807, 2.05) is 12.1 Å². The van der Waals surface area contributed by atoms with Gasteiger partial charge in [0.1, 0.15) is 29.1 Å². The molecule has 1 aromatic carbocycles. The van der Waals surface area contributed by atoms with Crippen LogP contribution in [0, 0.1) is 17.2 Å². The first-order valence-electron chi connectivity index (χ1n) is 8.54. The first-order chi connectivity index (χ1) is 12.7. The van der Waals surface area contributed by atoms with Gasteiger partial charge < -0.3 is 14.4 Å². The second-order valence-electron chi connectivity index (χ2n) is 6.21. The quantitative estimate of drug-likeness (QED) is 0.771. The smallest absolute Gasteiger partial charge is 0.171 e. The molecule has 1 unspecified atom stereocenters. The maximum absolute atomic E-state index is 13.1. The topological polar surface area (TPSA) is 75.5 Å². The molecule has 0 saturated carbocycles. The van der Waals surface area contributed by atoms with Crippen LogP contribution < -0.4 is 14.4 Å². The summed E-state index contributed by atoms with van der Waals surface area (Å²) in [5.74, 6) is 1.84. The summed E-state index contributed by atoms with van der Waals surface area (Å²) >= 11 is 0. The van der Waals surface area contributed by atoms with E-state index < -0.39 is 0 Å². The number of nitrogens with zero attached hydrogens (tertiary/aromatic N) is 3. The standard InChI is InChI=1S/C20H21N3O3/c1-25-16-8-9-17(18(11-16)26-2)20(24)14-5-4-10-23(13-14)19-7-3-6-15(12-21)22-19/h3,6-9,11,14H,4-5,10,13H2,1-2H3. The summed E-state index contributed by atoms with van der Waals surface area (Å²) in [5, 5.41) is 9.04. The van der Waals surface area contributed by atoms with Crippen LogP contribution in [0.25, 0.3) is 0 Å². The minimum atomic E-state index is -0.140. The van der Waals surface area contributed by atoms with Crippen molar-refractivity contribution in [3.63, 3.8) is 0 Å². The summed E-state index contributed by atoms with van der Waals surface area (Å²) in [6.07, 6.45) is 1.72. The van der Waals surface area contributed by atoms with Crippen LogP contribution in [-0.2, 0) is 0 Å². The Hall–Kier alpha value is -3.07. The Morgan fingerprint density at radius 1 is 1.27 bits per heavy atom. The van der Waals surface area contributed by atoms with Crippen molar-refractivity contribution >= 4 is 11.6 Å². The lowest BCUT2D eigenvalue weighted by atomic mass is 9.89. The molecule has 134 valence electrons. The van der Waals surface area contributed by atoms with Gasteiger partial charge in [-0.05, 0) is 37.1 Å². The van der Waals surface area contributed by atoms with E-state index in [2.05, 4.69) is 16.0 Å². The highest BCUT2D eigenvalue weighted by molar-refractivity contribution is 6.01. The van der Waals surface area contributed by atoms with Crippen LogP contribution in [0.5, 0.6) is 11.5 Å². The molecule has 1 atom stereocenters. The van der Waals surface area contributed by atoms with Gasteiger partial charge in [0.25, 0.3) is 0 Å². The molecule has 1 fully saturated rings. The van der Waals surface area contributed by atoms with Gasteiger partial charge in [0, 0.05) is 25.1 Å². The molecule has 1 aliphatic heterocycles. The van der Waals surface area contributed by atoms with Gasteiger partial charge in [-0.15, -0.1) is 0 Å². The highest BCUT2D eigenvalue weighted by Gasteiger charge is 2.29. The minimum absolute atomic E-state index is 0.0608. The van der Waals surface area contributed by atoms with Crippen LogP contribution in [-0.4, -0.2) is 38.1 Å². The predicted octanol–water partition coefficient (Wildman–Crippen LogP) is 3.07. The third-order valence-corrected chi connectivity index (χ3v) is 4.64. The van der Waals surface area contributed by atoms with Crippen LogP contribution in [0.15, 0.2) is 36.4 Å². The Morgan fingerprint density at radius 2 is 2.12 bits per heavy atom. The number of benzene rings is 1. The molecule has 26 heavy (non-hydrogen) atoms. The Labute approximate surface area is 153 Å². The number of carbonyl (C=O) groups is 1. The number of anilines is 1. The van der Waals surface area contributed by atoms with Gasteiger partial charge in [0.2, 0.25) is 0 Å². The number of rotatable bonds is 5. The molecule has 1 saturated heterocycles. The van der Waals surface area contributed by atoms with Crippen molar-refractivity contribution in [1.29, 1.82) is 5.26 Å². The zero-order valence-electron chi connectivity index (χ0n) is 14.9. The first kappa shape index (κ1) is 17.7. The molecule has 0 aliphatic carbocycles. The fourth-order valence-electron chi connectivity index (χ4n) is 3.28. The molecule has 6 nitrogen and oxygen atoms in total. The van der Waals surface area contributed by atoms with E-state index in [9.17, 15) is 4.79 Å². The normalized spacial score (nSPS) is 16.7. The molecule has 0 bridgehead atoms. The Morgan fingerprint density at radius 3 is 2.85 bits per heavy atom. The lowest BCUT2D eigenvalue weighted by Gasteiger charge is -2.33. The van der Waals surface area contributed by atoms with E-state index in [0.717, 1.165) is 25.2 Å². The molecule has 1 aliphatic rings. The maximum Gasteiger partial charge on any atom is 0.171 e. The number of methoxy groups -OCH3 is 2. The summed E-state index contributed by atoms with van der Waals surface area (Å²) in [5.41, 5.74) is 0.951. The molecule has 1 aromatic heterocycles. The molecular formula is C20H21N3O3. The first-order valence-corrected chi connectivity index (χ1v) is 8.54. The van der Waals surface area contributed by atoms with Crippen molar-refractivity contribution in [2.75, 3.05) is 32.2 Å². The number of piperidine rings is 1.